The zero-order valence-electron chi connectivity index (χ0n) is 12.4. The number of carbonyl (C=O) groups excluding carboxylic acids is 1. The van der Waals surface area contributed by atoms with Crippen molar-refractivity contribution >= 4 is 16.9 Å². The lowest BCUT2D eigenvalue weighted by molar-refractivity contribution is -0.117. The zero-order chi connectivity index (χ0) is 15.3. The Morgan fingerprint density at radius 2 is 1.80 bits per heavy atom. The van der Waals surface area contributed by atoms with Gasteiger partial charge in [0.2, 0.25) is 5.91 Å². The highest BCUT2D eigenvalue weighted by molar-refractivity contribution is 5.84. The SMILES string of the molecule is CCC(N)=O.CCc1cc(=O)oc2cc(C)cc(C)c12. The summed E-state index contributed by atoms with van der Waals surface area (Å²) in [4.78, 5) is 20.9. The third-order valence-electron chi connectivity index (χ3n) is 3.00. The van der Waals surface area contributed by atoms with Gasteiger partial charge in [0, 0.05) is 17.9 Å². The van der Waals surface area contributed by atoms with E-state index in [4.69, 9.17) is 4.42 Å². The van der Waals surface area contributed by atoms with Crippen LogP contribution in [0.4, 0.5) is 0 Å². The van der Waals surface area contributed by atoms with Gasteiger partial charge in [-0.2, -0.15) is 0 Å². The minimum Gasteiger partial charge on any atom is -0.423 e. The maximum Gasteiger partial charge on any atom is 0.336 e. The molecule has 20 heavy (non-hydrogen) atoms. The number of aryl methyl sites for hydroxylation is 3. The molecular formula is C16H21NO3. The van der Waals surface area contributed by atoms with Gasteiger partial charge in [0.05, 0.1) is 0 Å². The number of rotatable bonds is 2. The van der Waals surface area contributed by atoms with Gasteiger partial charge in [-0.1, -0.05) is 19.9 Å². The summed E-state index contributed by atoms with van der Waals surface area (Å²) in [7, 11) is 0. The van der Waals surface area contributed by atoms with Crippen molar-refractivity contribution in [1.82, 2.24) is 0 Å². The fraction of sp³-hybridized carbons (Fsp3) is 0.375. The Morgan fingerprint density at radius 3 is 2.30 bits per heavy atom. The molecule has 2 rings (SSSR count). The van der Waals surface area contributed by atoms with Crippen LogP contribution in [0.15, 0.2) is 27.4 Å². The molecule has 0 unspecified atom stereocenters. The molecule has 1 heterocycles. The van der Waals surface area contributed by atoms with Crippen LogP contribution < -0.4 is 11.4 Å². The second kappa shape index (κ2) is 6.89. The van der Waals surface area contributed by atoms with Crippen LogP contribution in [-0.4, -0.2) is 5.91 Å². The van der Waals surface area contributed by atoms with Crippen LogP contribution in [0.25, 0.3) is 11.0 Å². The summed E-state index contributed by atoms with van der Waals surface area (Å²) < 4.78 is 5.21. The molecule has 1 amide bonds. The molecule has 1 aromatic carbocycles. The van der Waals surface area contributed by atoms with E-state index in [0.29, 0.717) is 12.0 Å². The van der Waals surface area contributed by atoms with Gasteiger partial charge in [0.1, 0.15) is 5.58 Å². The Bertz CT molecular complexity index is 671. The van der Waals surface area contributed by atoms with E-state index in [1.54, 1.807) is 13.0 Å². The largest absolute Gasteiger partial charge is 0.423 e. The van der Waals surface area contributed by atoms with Crippen LogP contribution in [0.3, 0.4) is 0 Å². The molecule has 0 saturated carbocycles. The lowest BCUT2D eigenvalue weighted by Gasteiger charge is -2.06. The van der Waals surface area contributed by atoms with Gasteiger partial charge in [-0.15, -0.1) is 0 Å². The summed E-state index contributed by atoms with van der Waals surface area (Å²) >= 11 is 0. The van der Waals surface area contributed by atoms with Gasteiger partial charge in [-0.25, -0.2) is 4.79 Å². The van der Waals surface area contributed by atoms with Gasteiger partial charge in [0.15, 0.2) is 0 Å². The standard InChI is InChI=1S/C13H14O2.C3H7NO/c1-4-10-7-12(14)15-11-6-8(2)5-9(3)13(10)11;1-2-3(4)5/h5-7H,4H2,1-3H3;2H2,1H3,(H2,4,5). The van der Waals surface area contributed by atoms with Crippen LogP contribution >= 0.6 is 0 Å². The minimum atomic E-state index is -0.260. The second-order valence-corrected chi connectivity index (χ2v) is 4.72. The maximum absolute atomic E-state index is 11.3. The van der Waals surface area contributed by atoms with Crippen molar-refractivity contribution < 1.29 is 9.21 Å². The van der Waals surface area contributed by atoms with E-state index in [0.717, 1.165) is 22.9 Å². The highest BCUT2D eigenvalue weighted by Gasteiger charge is 2.07. The molecular weight excluding hydrogens is 254 g/mol. The topological polar surface area (TPSA) is 73.3 Å². The third kappa shape index (κ3) is 3.95. The molecule has 4 heteroatoms. The van der Waals surface area contributed by atoms with Gasteiger partial charge < -0.3 is 10.2 Å². The first kappa shape index (κ1) is 16.0. The molecule has 0 fully saturated rings. The molecule has 0 saturated heterocycles. The fourth-order valence-corrected chi connectivity index (χ4v) is 2.05. The van der Waals surface area contributed by atoms with Crippen molar-refractivity contribution in [3.05, 3.63) is 45.3 Å². The molecule has 0 bridgehead atoms. The Hall–Kier alpha value is -2.10. The Labute approximate surface area is 118 Å². The number of nitrogens with two attached hydrogens (primary N) is 1. The van der Waals surface area contributed by atoms with Gasteiger partial charge in [-0.3, -0.25) is 4.79 Å². The van der Waals surface area contributed by atoms with Crippen molar-refractivity contribution in [2.45, 2.75) is 40.5 Å². The summed E-state index contributed by atoms with van der Waals surface area (Å²) in [5.41, 5.74) is 8.46. The molecule has 1 aromatic heterocycles. The van der Waals surface area contributed by atoms with Crippen LogP contribution in [0.1, 0.15) is 37.0 Å². The molecule has 0 spiro atoms. The van der Waals surface area contributed by atoms with Gasteiger partial charge >= 0.3 is 5.63 Å². The van der Waals surface area contributed by atoms with E-state index in [2.05, 4.69) is 18.7 Å². The average Bonchev–Trinajstić information content (AvgIpc) is 2.37. The molecule has 108 valence electrons. The van der Waals surface area contributed by atoms with Crippen molar-refractivity contribution in [1.29, 1.82) is 0 Å². The summed E-state index contributed by atoms with van der Waals surface area (Å²) in [6.07, 6.45) is 1.30. The fourth-order valence-electron chi connectivity index (χ4n) is 2.05. The number of carbonyl (C=O) groups is 1. The Kier molecular flexibility index (Phi) is 5.50. The molecule has 0 aliphatic carbocycles. The van der Waals surface area contributed by atoms with Crippen LogP contribution in [0.2, 0.25) is 0 Å². The van der Waals surface area contributed by atoms with E-state index >= 15 is 0 Å². The highest BCUT2D eigenvalue weighted by atomic mass is 16.4. The van der Waals surface area contributed by atoms with E-state index in [1.807, 2.05) is 19.9 Å². The quantitative estimate of drug-likeness (QED) is 0.856. The van der Waals surface area contributed by atoms with Crippen LogP contribution in [0.5, 0.6) is 0 Å². The van der Waals surface area contributed by atoms with E-state index in [1.165, 1.54) is 5.56 Å². The molecule has 0 radical (unpaired) electrons. The molecule has 0 aliphatic heterocycles. The molecule has 0 atom stereocenters. The van der Waals surface area contributed by atoms with Crippen LogP contribution in [-0.2, 0) is 11.2 Å². The number of amides is 1. The smallest absolute Gasteiger partial charge is 0.336 e. The first-order chi connectivity index (χ1) is 9.38. The number of primary amides is 1. The predicted molar refractivity (Wildman–Crippen MR) is 80.8 cm³/mol. The molecule has 2 N–H and O–H groups in total. The van der Waals surface area contributed by atoms with Gasteiger partial charge in [-0.05, 0) is 43.0 Å². The molecule has 0 aliphatic rings. The van der Waals surface area contributed by atoms with E-state index < -0.39 is 0 Å². The summed E-state index contributed by atoms with van der Waals surface area (Å²) in [6, 6.07) is 5.62. The van der Waals surface area contributed by atoms with E-state index in [-0.39, 0.29) is 11.5 Å². The first-order valence-corrected chi connectivity index (χ1v) is 6.71. The average molecular weight is 275 g/mol. The van der Waals surface area contributed by atoms with Gasteiger partial charge in [0.25, 0.3) is 0 Å². The monoisotopic (exact) mass is 275 g/mol. The van der Waals surface area contributed by atoms with E-state index in [9.17, 15) is 9.59 Å². The second-order valence-electron chi connectivity index (χ2n) is 4.72. The lowest BCUT2D eigenvalue weighted by atomic mass is 10.0. The van der Waals surface area contributed by atoms with Crippen LogP contribution in [0, 0.1) is 13.8 Å². The lowest BCUT2D eigenvalue weighted by Crippen LogP contribution is -2.06. The summed E-state index contributed by atoms with van der Waals surface area (Å²) in [5.74, 6) is -0.245. The Balaban J connectivity index is 0.000000347. The first-order valence-electron chi connectivity index (χ1n) is 6.71. The number of hydrogen-bond acceptors (Lipinski definition) is 3. The zero-order valence-corrected chi connectivity index (χ0v) is 12.4. The summed E-state index contributed by atoms with van der Waals surface area (Å²) in [5, 5.41) is 1.09. The number of fused-ring (bicyclic) bond motifs is 1. The minimum absolute atomic E-state index is 0.245. The Morgan fingerprint density at radius 1 is 1.20 bits per heavy atom. The highest BCUT2D eigenvalue weighted by Crippen LogP contribution is 2.23. The molecule has 4 nitrogen and oxygen atoms in total. The number of hydrogen-bond donors (Lipinski definition) is 1. The van der Waals surface area contributed by atoms with Crippen molar-refractivity contribution in [3.8, 4) is 0 Å². The van der Waals surface area contributed by atoms with Crippen molar-refractivity contribution in [3.63, 3.8) is 0 Å². The maximum atomic E-state index is 11.3. The predicted octanol–water partition coefficient (Wildman–Crippen LogP) is 2.85. The summed E-state index contributed by atoms with van der Waals surface area (Å²) in [6.45, 7) is 7.83. The normalized spacial score (nSPS) is 10.0. The van der Waals surface area contributed by atoms with Crippen molar-refractivity contribution in [2.75, 3.05) is 0 Å². The van der Waals surface area contributed by atoms with Crippen molar-refractivity contribution in [2.24, 2.45) is 5.73 Å². The third-order valence-corrected chi connectivity index (χ3v) is 3.00. The molecule has 2 aromatic rings. The number of benzene rings is 1.